The number of aromatic nitrogens is 1. The van der Waals surface area contributed by atoms with E-state index in [2.05, 4.69) is 17.1 Å². The molecule has 3 rings (SSSR count). The first-order valence-electron chi connectivity index (χ1n) is 7.07. The van der Waals surface area contributed by atoms with Crippen LogP contribution < -0.4 is 4.74 Å². The molecule has 3 heteroatoms. The van der Waals surface area contributed by atoms with Gasteiger partial charge in [0.2, 0.25) is 5.88 Å². The summed E-state index contributed by atoms with van der Waals surface area (Å²) in [6, 6.07) is 13.7. The molecule has 0 aliphatic heterocycles. The van der Waals surface area contributed by atoms with Gasteiger partial charge < -0.3 is 9.84 Å². The van der Waals surface area contributed by atoms with Gasteiger partial charge in [0, 0.05) is 6.07 Å². The first-order valence-corrected chi connectivity index (χ1v) is 7.07. The maximum Gasteiger partial charge on any atom is 0.213 e. The second-order valence-electron chi connectivity index (χ2n) is 5.31. The second kappa shape index (κ2) is 5.63. The van der Waals surface area contributed by atoms with Crippen molar-refractivity contribution in [1.82, 2.24) is 4.98 Å². The number of hydrogen-bond donors (Lipinski definition) is 1. The number of rotatable bonds is 4. The summed E-state index contributed by atoms with van der Waals surface area (Å²) in [4.78, 5) is 4.30. The predicted octanol–water partition coefficient (Wildman–Crippen LogP) is 3.44. The Bertz CT molecular complexity index is 593. The first kappa shape index (κ1) is 13.1. The monoisotopic (exact) mass is 269 g/mol. The topological polar surface area (TPSA) is 42.4 Å². The summed E-state index contributed by atoms with van der Waals surface area (Å²) < 4.78 is 5.11. The molecule has 0 amide bonds. The molecule has 104 valence electrons. The van der Waals surface area contributed by atoms with Crippen LogP contribution in [0.15, 0.2) is 42.5 Å². The van der Waals surface area contributed by atoms with Crippen LogP contribution in [0.3, 0.4) is 0 Å². The van der Waals surface area contributed by atoms with Crippen LogP contribution in [-0.4, -0.2) is 17.2 Å². The van der Waals surface area contributed by atoms with Gasteiger partial charge in [-0.25, -0.2) is 4.98 Å². The normalized spacial score (nSPS) is 16.5. The molecule has 20 heavy (non-hydrogen) atoms. The van der Waals surface area contributed by atoms with Crippen molar-refractivity contribution in [3.8, 4) is 5.88 Å². The molecule has 1 heterocycles. The van der Waals surface area contributed by atoms with Crippen LogP contribution >= 0.6 is 0 Å². The van der Waals surface area contributed by atoms with E-state index in [1.807, 2.05) is 24.3 Å². The van der Waals surface area contributed by atoms with Crippen LogP contribution in [0.25, 0.3) is 0 Å². The van der Waals surface area contributed by atoms with Crippen molar-refractivity contribution >= 4 is 0 Å². The van der Waals surface area contributed by atoms with Crippen molar-refractivity contribution in [2.45, 2.75) is 31.3 Å². The zero-order valence-corrected chi connectivity index (χ0v) is 11.6. The molecule has 0 bridgehead atoms. The van der Waals surface area contributed by atoms with Gasteiger partial charge in [-0.05, 0) is 36.0 Å². The summed E-state index contributed by atoms with van der Waals surface area (Å²) in [5.74, 6) is 1.19. The number of pyridine rings is 1. The summed E-state index contributed by atoms with van der Waals surface area (Å²) >= 11 is 0. The van der Waals surface area contributed by atoms with Crippen molar-refractivity contribution in [1.29, 1.82) is 0 Å². The second-order valence-corrected chi connectivity index (χ2v) is 5.31. The Morgan fingerprint density at radius 2 is 2.00 bits per heavy atom. The quantitative estimate of drug-likeness (QED) is 0.924. The van der Waals surface area contributed by atoms with Gasteiger partial charge in [-0.3, -0.25) is 0 Å². The Hall–Kier alpha value is -1.87. The van der Waals surface area contributed by atoms with Crippen LogP contribution in [0.2, 0.25) is 0 Å². The molecule has 1 aromatic heterocycles. The molecule has 0 spiro atoms. The molecule has 1 fully saturated rings. The number of ether oxygens (including phenoxy) is 1. The first-order chi connectivity index (χ1) is 9.78. The Morgan fingerprint density at radius 1 is 1.20 bits per heavy atom. The molecule has 1 aliphatic rings. The smallest absolute Gasteiger partial charge is 0.213 e. The minimum atomic E-state index is -0.704. The zero-order valence-electron chi connectivity index (χ0n) is 11.6. The summed E-state index contributed by atoms with van der Waals surface area (Å²) in [5, 5.41) is 10.5. The van der Waals surface area contributed by atoms with Gasteiger partial charge in [0.15, 0.2) is 0 Å². The van der Waals surface area contributed by atoms with Crippen LogP contribution in [0.1, 0.15) is 48.1 Å². The number of aliphatic hydroxyl groups excluding tert-OH is 1. The Labute approximate surface area is 119 Å². The molecule has 3 nitrogen and oxygen atoms in total. The third kappa shape index (κ3) is 2.54. The third-order valence-electron chi connectivity index (χ3n) is 4.04. The summed E-state index contributed by atoms with van der Waals surface area (Å²) in [6.45, 7) is 0. The number of hydrogen-bond acceptors (Lipinski definition) is 3. The molecule has 0 saturated heterocycles. The molecule has 0 radical (unpaired) electrons. The van der Waals surface area contributed by atoms with Crippen LogP contribution in [0.4, 0.5) is 0 Å². The largest absolute Gasteiger partial charge is 0.481 e. The SMILES string of the molecule is COc1cccc(C(O)c2cccc(C3CCC3)c2)n1. The number of benzene rings is 1. The molecule has 1 aromatic carbocycles. The van der Waals surface area contributed by atoms with E-state index in [4.69, 9.17) is 4.74 Å². The molecular weight excluding hydrogens is 250 g/mol. The van der Waals surface area contributed by atoms with Gasteiger partial charge in [-0.2, -0.15) is 0 Å². The summed E-state index contributed by atoms with van der Waals surface area (Å²) in [6.07, 6.45) is 3.13. The fourth-order valence-electron chi connectivity index (χ4n) is 2.59. The molecular formula is C17H19NO2. The van der Waals surface area contributed by atoms with E-state index in [1.165, 1.54) is 24.8 Å². The Kier molecular flexibility index (Phi) is 3.70. The summed E-state index contributed by atoms with van der Waals surface area (Å²) in [5.41, 5.74) is 2.85. The Balaban J connectivity index is 1.87. The maximum atomic E-state index is 10.5. The zero-order chi connectivity index (χ0) is 13.9. The lowest BCUT2D eigenvalue weighted by molar-refractivity contribution is 0.213. The minimum absolute atomic E-state index is 0.525. The van der Waals surface area contributed by atoms with E-state index < -0.39 is 6.10 Å². The van der Waals surface area contributed by atoms with Gasteiger partial charge in [-0.1, -0.05) is 36.8 Å². The lowest BCUT2D eigenvalue weighted by atomic mass is 9.79. The van der Waals surface area contributed by atoms with Crippen LogP contribution in [0.5, 0.6) is 5.88 Å². The van der Waals surface area contributed by atoms with Crippen molar-refractivity contribution in [2.75, 3.05) is 7.11 Å². The molecule has 1 N–H and O–H groups in total. The van der Waals surface area contributed by atoms with Gasteiger partial charge >= 0.3 is 0 Å². The van der Waals surface area contributed by atoms with E-state index in [-0.39, 0.29) is 0 Å². The maximum absolute atomic E-state index is 10.5. The molecule has 1 saturated carbocycles. The Morgan fingerprint density at radius 3 is 2.70 bits per heavy atom. The van der Waals surface area contributed by atoms with Gasteiger partial charge in [0.1, 0.15) is 6.10 Å². The van der Waals surface area contributed by atoms with Gasteiger partial charge in [0.05, 0.1) is 12.8 Å². The molecule has 1 atom stereocenters. The highest BCUT2D eigenvalue weighted by Crippen LogP contribution is 2.37. The van der Waals surface area contributed by atoms with E-state index in [9.17, 15) is 5.11 Å². The molecule has 2 aromatic rings. The van der Waals surface area contributed by atoms with E-state index in [1.54, 1.807) is 13.2 Å². The van der Waals surface area contributed by atoms with Crippen molar-refractivity contribution in [2.24, 2.45) is 0 Å². The molecule has 1 aliphatic carbocycles. The van der Waals surface area contributed by atoms with E-state index >= 15 is 0 Å². The number of methoxy groups -OCH3 is 1. The fraction of sp³-hybridized carbons (Fsp3) is 0.353. The van der Waals surface area contributed by atoms with Crippen molar-refractivity contribution in [3.63, 3.8) is 0 Å². The molecule has 1 unspecified atom stereocenters. The average Bonchev–Trinajstić information content (AvgIpc) is 2.45. The third-order valence-corrected chi connectivity index (χ3v) is 4.04. The lowest BCUT2D eigenvalue weighted by Crippen LogP contribution is -2.10. The number of nitrogens with zero attached hydrogens (tertiary/aromatic N) is 1. The van der Waals surface area contributed by atoms with E-state index in [0.717, 1.165) is 5.56 Å². The van der Waals surface area contributed by atoms with Gasteiger partial charge in [0.25, 0.3) is 0 Å². The highest BCUT2D eigenvalue weighted by atomic mass is 16.5. The minimum Gasteiger partial charge on any atom is -0.481 e. The lowest BCUT2D eigenvalue weighted by Gasteiger charge is -2.26. The van der Waals surface area contributed by atoms with Gasteiger partial charge in [-0.15, -0.1) is 0 Å². The summed E-state index contributed by atoms with van der Waals surface area (Å²) in [7, 11) is 1.58. The van der Waals surface area contributed by atoms with Crippen molar-refractivity contribution < 1.29 is 9.84 Å². The highest BCUT2D eigenvalue weighted by Gasteiger charge is 2.21. The predicted molar refractivity (Wildman–Crippen MR) is 77.9 cm³/mol. The standard InChI is InChI=1S/C17H19NO2/c1-20-16-10-4-9-15(18-16)17(19)14-8-3-7-13(11-14)12-5-2-6-12/h3-4,7-12,17,19H,2,5-6H2,1H3. The average molecular weight is 269 g/mol. The van der Waals surface area contributed by atoms with Crippen LogP contribution in [0, 0.1) is 0 Å². The number of aliphatic hydroxyl groups is 1. The highest BCUT2D eigenvalue weighted by molar-refractivity contribution is 5.33. The fourth-order valence-corrected chi connectivity index (χ4v) is 2.59. The van der Waals surface area contributed by atoms with Crippen LogP contribution in [-0.2, 0) is 0 Å². The van der Waals surface area contributed by atoms with E-state index in [0.29, 0.717) is 17.5 Å². The van der Waals surface area contributed by atoms with Crippen molar-refractivity contribution in [3.05, 3.63) is 59.3 Å².